The van der Waals surface area contributed by atoms with Crippen LogP contribution in [0.1, 0.15) is 23.0 Å². The second-order valence-corrected chi connectivity index (χ2v) is 8.42. The third kappa shape index (κ3) is 5.18. The van der Waals surface area contributed by atoms with E-state index in [9.17, 15) is 9.59 Å². The first-order valence-corrected chi connectivity index (χ1v) is 10.6. The van der Waals surface area contributed by atoms with Crippen molar-refractivity contribution in [3.63, 3.8) is 0 Å². The normalized spacial score (nSPS) is 10.9. The van der Waals surface area contributed by atoms with Gasteiger partial charge < -0.3 is 14.6 Å². The highest BCUT2D eigenvalue weighted by Gasteiger charge is 2.15. The molecule has 2 heterocycles. The van der Waals surface area contributed by atoms with Crippen LogP contribution in [-0.4, -0.2) is 41.1 Å². The number of aromatic nitrogens is 2. The Kier molecular flexibility index (Phi) is 7.18. The van der Waals surface area contributed by atoms with Crippen molar-refractivity contribution in [1.29, 1.82) is 0 Å². The number of imidazole rings is 1. The molecule has 2 aromatic heterocycles. The van der Waals surface area contributed by atoms with E-state index in [0.29, 0.717) is 30.6 Å². The van der Waals surface area contributed by atoms with Crippen LogP contribution in [0.25, 0.3) is 11.0 Å². The fourth-order valence-corrected chi connectivity index (χ4v) is 4.02. The Labute approximate surface area is 175 Å². The van der Waals surface area contributed by atoms with Crippen molar-refractivity contribution in [1.82, 2.24) is 14.9 Å². The maximum Gasteiger partial charge on any atom is 0.261 e. The summed E-state index contributed by atoms with van der Waals surface area (Å²) in [5, 5.41) is 5.43. The molecule has 0 saturated carbocycles. The predicted molar refractivity (Wildman–Crippen MR) is 114 cm³/mol. The molecule has 9 heteroatoms. The Morgan fingerprint density at radius 3 is 2.82 bits per heavy atom. The molecule has 0 aliphatic rings. The van der Waals surface area contributed by atoms with Crippen LogP contribution in [0.2, 0.25) is 0 Å². The number of thiophene rings is 1. The standard InChI is InChI=1S/C19H21BrN4O3S/c1-2-27-11-5-10-24-14-7-4-3-6-13(14)22-19(24)23-17(25)12-21-18(26)15-8-9-16(20)28-15/h3-4,6-9H,2,5,10-12H2,1H3,(H,21,26)(H,22,23,25). The van der Waals surface area contributed by atoms with Gasteiger partial charge >= 0.3 is 0 Å². The van der Waals surface area contributed by atoms with Crippen LogP contribution in [0.15, 0.2) is 40.2 Å². The fourth-order valence-electron chi connectivity index (χ4n) is 2.72. The average molecular weight is 465 g/mol. The number of rotatable bonds is 9. The number of fused-ring (bicyclic) bond motifs is 1. The third-order valence-corrected chi connectivity index (χ3v) is 5.61. The lowest BCUT2D eigenvalue weighted by molar-refractivity contribution is -0.115. The van der Waals surface area contributed by atoms with E-state index in [-0.39, 0.29) is 18.4 Å². The molecule has 0 radical (unpaired) electrons. The molecule has 7 nitrogen and oxygen atoms in total. The number of amides is 2. The van der Waals surface area contributed by atoms with Crippen molar-refractivity contribution in [3.05, 3.63) is 45.1 Å². The van der Waals surface area contributed by atoms with Crippen molar-refractivity contribution in [2.75, 3.05) is 25.1 Å². The summed E-state index contributed by atoms with van der Waals surface area (Å²) >= 11 is 4.63. The van der Waals surface area contributed by atoms with E-state index >= 15 is 0 Å². The van der Waals surface area contributed by atoms with Gasteiger partial charge in [-0.05, 0) is 53.5 Å². The number of benzene rings is 1. The van der Waals surface area contributed by atoms with Crippen LogP contribution >= 0.6 is 27.3 Å². The average Bonchev–Trinajstić information content (AvgIpc) is 3.27. The number of carbonyl (C=O) groups is 2. The second kappa shape index (κ2) is 9.81. The van der Waals surface area contributed by atoms with Crippen LogP contribution in [0.5, 0.6) is 0 Å². The first-order chi connectivity index (χ1) is 13.6. The Morgan fingerprint density at radius 2 is 2.07 bits per heavy atom. The summed E-state index contributed by atoms with van der Waals surface area (Å²) in [7, 11) is 0. The maximum absolute atomic E-state index is 12.3. The summed E-state index contributed by atoms with van der Waals surface area (Å²) < 4.78 is 8.23. The van der Waals surface area contributed by atoms with E-state index < -0.39 is 0 Å². The van der Waals surface area contributed by atoms with Crippen molar-refractivity contribution < 1.29 is 14.3 Å². The van der Waals surface area contributed by atoms with Gasteiger partial charge in [0.15, 0.2) is 0 Å². The molecule has 0 spiro atoms. The van der Waals surface area contributed by atoms with E-state index in [4.69, 9.17) is 4.74 Å². The molecular weight excluding hydrogens is 444 g/mol. The number of aryl methyl sites for hydroxylation is 1. The quantitative estimate of drug-likeness (QED) is 0.473. The maximum atomic E-state index is 12.3. The molecule has 3 rings (SSSR count). The van der Waals surface area contributed by atoms with E-state index in [0.717, 1.165) is 21.2 Å². The summed E-state index contributed by atoms with van der Waals surface area (Å²) in [6, 6.07) is 11.2. The number of nitrogens with one attached hydrogen (secondary N) is 2. The molecule has 0 bridgehead atoms. The topological polar surface area (TPSA) is 85.2 Å². The number of carbonyl (C=O) groups excluding carboxylic acids is 2. The van der Waals surface area contributed by atoms with E-state index in [1.54, 1.807) is 12.1 Å². The van der Waals surface area contributed by atoms with Gasteiger partial charge in [0.2, 0.25) is 11.9 Å². The Hall–Kier alpha value is -2.23. The molecule has 28 heavy (non-hydrogen) atoms. The lowest BCUT2D eigenvalue weighted by atomic mass is 10.3. The van der Waals surface area contributed by atoms with Crippen molar-refractivity contribution in [3.8, 4) is 0 Å². The van der Waals surface area contributed by atoms with Crippen molar-refractivity contribution in [2.24, 2.45) is 0 Å². The summed E-state index contributed by atoms with van der Waals surface area (Å²) in [5.41, 5.74) is 1.75. The zero-order valence-electron chi connectivity index (χ0n) is 15.4. The highest BCUT2D eigenvalue weighted by atomic mass is 79.9. The minimum Gasteiger partial charge on any atom is -0.382 e. The van der Waals surface area contributed by atoms with Gasteiger partial charge in [0.1, 0.15) is 0 Å². The molecule has 0 aliphatic carbocycles. The highest BCUT2D eigenvalue weighted by molar-refractivity contribution is 9.11. The molecule has 1 aromatic carbocycles. The largest absolute Gasteiger partial charge is 0.382 e. The smallest absolute Gasteiger partial charge is 0.261 e. The van der Waals surface area contributed by atoms with E-state index in [1.165, 1.54) is 11.3 Å². The highest BCUT2D eigenvalue weighted by Crippen LogP contribution is 2.22. The number of halogens is 1. The van der Waals surface area contributed by atoms with Crippen LogP contribution < -0.4 is 10.6 Å². The summed E-state index contributed by atoms with van der Waals surface area (Å²) in [5.74, 6) is -0.141. The van der Waals surface area contributed by atoms with Gasteiger partial charge in [-0.1, -0.05) is 12.1 Å². The van der Waals surface area contributed by atoms with Gasteiger partial charge in [0.05, 0.1) is 26.2 Å². The SMILES string of the molecule is CCOCCCn1c(NC(=O)CNC(=O)c2ccc(Br)s2)nc2ccccc21. The molecule has 0 aliphatic heterocycles. The summed E-state index contributed by atoms with van der Waals surface area (Å²) in [6.45, 7) is 3.82. The number of para-hydroxylation sites is 2. The Bertz CT molecular complexity index is 969. The molecule has 2 amide bonds. The Balaban J connectivity index is 1.65. The van der Waals surface area contributed by atoms with E-state index in [2.05, 4.69) is 31.5 Å². The van der Waals surface area contributed by atoms with Gasteiger partial charge in [-0.2, -0.15) is 0 Å². The second-order valence-electron chi connectivity index (χ2n) is 5.96. The molecule has 0 fully saturated rings. The third-order valence-electron chi connectivity index (χ3n) is 3.99. The molecule has 2 N–H and O–H groups in total. The first-order valence-electron chi connectivity index (χ1n) is 8.95. The number of ether oxygens (including phenoxy) is 1. The monoisotopic (exact) mass is 464 g/mol. The van der Waals surface area contributed by atoms with Crippen molar-refractivity contribution >= 4 is 56.1 Å². The number of nitrogens with zero attached hydrogens (tertiary/aromatic N) is 2. The van der Waals surface area contributed by atoms with Crippen LogP contribution in [-0.2, 0) is 16.1 Å². The van der Waals surface area contributed by atoms with Gasteiger partial charge in [-0.15, -0.1) is 11.3 Å². The zero-order valence-corrected chi connectivity index (χ0v) is 17.8. The van der Waals surface area contributed by atoms with Gasteiger partial charge in [0, 0.05) is 19.8 Å². The van der Waals surface area contributed by atoms with Crippen LogP contribution in [0, 0.1) is 0 Å². The zero-order chi connectivity index (χ0) is 19.9. The Morgan fingerprint density at radius 1 is 1.25 bits per heavy atom. The first kappa shape index (κ1) is 20.5. The number of hydrogen-bond donors (Lipinski definition) is 2. The van der Waals surface area contributed by atoms with Crippen LogP contribution in [0.3, 0.4) is 0 Å². The molecule has 0 saturated heterocycles. The lowest BCUT2D eigenvalue weighted by Gasteiger charge is -2.10. The molecule has 0 unspecified atom stereocenters. The predicted octanol–water partition coefficient (Wildman–Crippen LogP) is 3.66. The van der Waals surface area contributed by atoms with Crippen molar-refractivity contribution in [2.45, 2.75) is 19.9 Å². The summed E-state index contributed by atoms with van der Waals surface area (Å²) in [4.78, 5) is 29.5. The minimum atomic E-state index is -0.328. The lowest BCUT2D eigenvalue weighted by Crippen LogP contribution is -2.33. The summed E-state index contributed by atoms with van der Waals surface area (Å²) in [6.07, 6.45) is 0.807. The molecule has 148 valence electrons. The molecular formula is C19H21BrN4O3S. The van der Waals surface area contributed by atoms with E-state index in [1.807, 2.05) is 35.8 Å². The molecule has 3 aromatic rings. The van der Waals surface area contributed by atoms with Gasteiger partial charge in [-0.3, -0.25) is 14.9 Å². The molecule has 0 atom stereocenters. The van der Waals surface area contributed by atoms with Crippen LogP contribution in [0.4, 0.5) is 5.95 Å². The number of anilines is 1. The fraction of sp³-hybridized carbons (Fsp3) is 0.316. The number of hydrogen-bond acceptors (Lipinski definition) is 5. The van der Waals surface area contributed by atoms with Gasteiger partial charge in [-0.25, -0.2) is 4.98 Å². The van der Waals surface area contributed by atoms with Gasteiger partial charge in [0.25, 0.3) is 5.91 Å². The minimum absolute atomic E-state index is 0.128.